The van der Waals surface area contributed by atoms with Crippen molar-refractivity contribution in [3.05, 3.63) is 47.0 Å². The summed E-state index contributed by atoms with van der Waals surface area (Å²) in [5, 5.41) is 9.66. The molecule has 26 heavy (non-hydrogen) atoms. The van der Waals surface area contributed by atoms with Gasteiger partial charge in [-0.2, -0.15) is 5.26 Å². The zero-order valence-corrected chi connectivity index (χ0v) is 14.7. The summed E-state index contributed by atoms with van der Waals surface area (Å²) in [6, 6.07) is 12.2. The topological polar surface area (TPSA) is 66.2 Å². The molecule has 1 saturated heterocycles. The van der Waals surface area contributed by atoms with Crippen molar-refractivity contribution >= 4 is 5.91 Å². The Balaban J connectivity index is 1.67. The van der Waals surface area contributed by atoms with Gasteiger partial charge in [0.25, 0.3) is 5.91 Å². The molecule has 0 N–H and O–H groups in total. The van der Waals surface area contributed by atoms with Gasteiger partial charge in [-0.3, -0.25) is 4.79 Å². The maximum absolute atomic E-state index is 12.3. The van der Waals surface area contributed by atoms with E-state index in [1.54, 1.807) is 0 Å². The Morgan fingerprint density at radius 1 is 1.12 bits per heavy atom. The number of ether oxygens (including phenoxy) is 1. The summed E-state index contributed by atoms with van der Waals surface area (Å²) in [4.78, 5) is 18.8. The summed E-state index contributed by atoms with van der Waals surface area (Å²) in [5.74, 6) is 0.259. The van der Waals surface area contributed by atoms with E-state index in [0.29, 0.717) is 11.4 Å². The Hall–Kier alpha value is -2.87. The number of fused-ring (bicyclic) bond motifs is 1. The Morgan fingerprint density at radius 3 is 2.58 bits per heavy atom. The number of hydrogen-bond donors (Lipinski definition) is 0. The molecule has 132 valence electrons. The summed E-state index contributed by atoms with van der Waals surface area (Å²) in [6.07, 6.45) is 4.89. The van der Waals surface area contributed by atoms with Crippen LogP contribution < -0.4 is 4.74 Å². The molecule has 1 aliphatic heterocycles. The quantitative estimate of drug-likeness (QED) is 0.852. The number of carbonyl (C=O) groups is 1. The molecule has 0 saturated carbocycles. The van der Waals surface area contributed by atoms with Crippen LogP contribution in [0.2, 0.25) is 0 Å². The summed E-state index contributed by atoms with van der Waals surface area (Å²) in [5.41, 5.74) is 4.56. The Kier molecular flexibility index (Phi) is 4.57. The number of carbonyl (C=O) groups excluding carboxylic acids is 1. The van der Waals surface area contributed by atoms with E-state index in [2.05, 4.69) is 11.1 Å². The fourth-order valence-corrected chi connectivity index (χ4v) is 3.88. The summed E-state index contributed by atoms with van der Waals surface area (Å²) in [6.45, 7) is 1.52. The van der Waals surface area contributed by atoms with Crippen molar-refractivity contribution in [1.29, 1.82) is 5.26 Å². The predicted octanol–water partition coefficient (Wildman–Crippen LogP) is 3.11. The van der Waals surface area contributed by atoms with Crippen LogP contribution in [0.25, 0.3) is 11.3 Å². The van der Waals surface area contributed by atoms with Crippen molar-refractivity contribution in [1.82, 2.24) is 9.88 Å². The maximum atomic E-state index is 12.3. The first-order valence-corrected chi connectivity index (χ1v) is 9.20. The number of nitrogens with zero attached hydrogens (tertiary/aromatic N) is 3. The average molecular weight is 347 g/mol. The van der Waals surface area contributed by atoms with Gasteiger partial charge >= 0.3 is 0 Å². The van der Waals surface area contributed by atoms with Crippen molar-refractivity contribution in [2.45, 2.75) is 32.1 Å². The Morgan fingerprint density at radius 2 is 1.85 bits per heavy atom. The highest BCUT2D eigenvalue weighted by Gasteiger charge is 2.26. The third-order valence-corrected chi connectivity index (χ3v) is 5.18. The van der Waals surface area contributed by atoms with Crippen LogP contribution in [0.5, 0.6) is 5.88 Å². The molecule has 0 radical (unpaired) electrons. The smallest absolute Gasteiger partial charge is 0.260 e. The van der Waals surface area contributed by atoms with Crippen LogP contribution in [-0.2, 0) is 17.6 Å². The van der Waals surface area contributed by atoms with Gasteiger partial charge in [-0.05, 0) is 43.2 Å². The Bertz CT molecular complexity index is 865. The predicted molar refractivity (Wildman–Crippen MR) is 97.7 cm³/mol. The highest BCUT2D eigenvalue weighted by molar-refractivity contribution is 5.78. The molecule has 4 rings (SSSR count). The second kappa shape index (κ2) is 7.17. The maximum Gasteiger partial charge on any atom is 0.260 e. The molecule has 5 heteroatoms. The van der Waals surface area contributed by atoms with Crippen LogP contribution >= 0.6 is 0 Å². The van der Waals surface area contributed by atoms with Gasteiger partial charge in [0.1, 0.15) is 11.6 Å². The minimum absolute atomic E-state index is 0.0325. The minimum atomic E-state index is -0.0608. The molecular formula is C21H21N3O2. The van der Waals surface area contributed by atoms with Gasteiger partial charge in [0.15, 0.2) is 6.61 Å². The number of pyridine rings is 1. The van der Waals surface area contributed by atoms with Crippen molar-refractivity contribution in [2.75, 3.05) is 19.7 Å². The van der Waals surface area contributed by atoms with Gasteiger partial charge in [0.2, 0.25) is 5.88 Å². The zero-order chi connectivity index (χ0) is 17.9. The molecule has 1 amide bonds. The van der Waals surface area contributed by atoms with Gasteiger partial charge in [-0.1, -0.05) is 30.3 Å². The first kappa shape index (κ1) is 16.6. The third kappa shape index (κ3) is 3.03. The molecule has 1 aliphatic carbocycles. The number of nitriles is 1. The molecule has 0 spiro atoms. The van der Waals surface area contributed by atoms with Crippen molar-refractivity contribution < 1.29 is 9.53 Å². The van der Waals surface area contributed by atoms with Gasteiger partial charge in [0.05, 0.1) is 5.69 Å². The number of aromatic nitrogens is 1. The molecule has 0 unspecified atom stereocenters. The number of likely N-dealkylation sites (tertiary alicyclic amines) is 1. The summed E-state index contributed by atoms with van der Waals surface area (Å²) in [7, 11) is 0. The molecule has 1 fully saturated rings. The first-order chi connectivity index (χ1) is 12.8. The lowest BCUT2D eigenvalue weighted by atomic mass is 9.99. The van der Waals surface area contributed by atoms with E-state index in [1.807, 2.05) is 35.2 Å². The lowest BCUT2D eigenvalue weighted by Crippen LogP contribution is -2.32. The van der Waals surface area contributed by atoms with Gasteiger partial charge in [-0.15, -0.1) is 0 Å². The van der Waals surface area contributed by atoms with Crippen LogP contribution in [0.3, 0.4) is 0 Å². The van der Waals surface area contributed by atoms with Gasteiger partial charge in [0, 0.05) is 18.7 Å². The second-order valence-electron chi connectivity index (χ2n) is 6.81. The van der Waals surface area contributed by atoms with E-state index in [4.69, 9.17) is 4.74 Å². The molecule has 1 aromatic carbocycles. The van der Waals surface area contributed by atoms with Crippen molar-refractivity contribution in [3.8, 4) is 23.2 Å². The van der Waals surface area contributed by atoms with Crippen molar-refractivity contribution in [3.63, 3.8) is 0 Å². The van der Waals surface area contributed by atoms with E-state index in [9.17, 15) is 10.1 Å². The molecular weight excluding hydrogens is 326 g/mol. The molecule has 2 aromatic rings. The fourth-order valence-electron chi connectivity index (χ4n) is 3.88. The summed E-state index contributed by atoms with van der Waals surface area (Å²) < 4.78 is 5.76. The molecule has 2 heterocycles. The normalized spacial score (nSPS) is 15.6. The van der Waals surface area contributed by atoms with E-state index < -0.39 is 0 Å². The highest BCUT2D eigenvalue weighted by Crippen LogP contribution is 2.36. The fraction of sp³-hybridized carbons (Fsp3) is 0.381. The largest absolute Gasteiger partial charge is 0.467 e. The lowest BCUT2D eigenvalue weighted by Gasteiger charge is -2.17. The van der Waals surface area contributed by atoms with E-state index in [0.717, 1.165) is 67.6 Å². The summed E-state index contributed by atoms with van der Waals surface area (Å²) >= 11 is 0. The number of benzene rings is 1. The molecule has 2 aliphatic rings. The van der Waals surface area contributed by atoms with Crippen LogP contribution in [0.15, 0.2) is 30.3 Å². The zero-order valence-electron chi connectivity index (χ0n) is 14.7. The second-order valence-corrected chi connectivity index (χ2v) is 6.81. The first-order valence-electron chi connectivity index (χ1n) is 9.20. The standard InChI is InChI=1S/C21H21N3O2/c22-13-18-16-9-6-10-17(16)20(15-7-2-1-3-8-15)23-21(18)26-14-19(25)24-11-4-5-12-24/h1-3,7-8H,4-6,9-12,14H2. The highest BCUT2D eigenvalue weighted by atomic mass is 16.5. The number of hydrogen-bond acceptors (Lipinski definition) is 4. The Labute approximate surface area is 153 Å². The SMILES string of the molecule is N#Cc1c(OCC(=O)N2CCCC2)nc(-c2ccccc2)c2c1CCC2. The molecule has 0 bridgehead atoms. The van der Waals surface area contributed by atoms with Crippen molar-refractivity contribution in [2.24, 2.45) is 0 Å². The van der Waals surface area contributed by atoms with Gasteiger partial charge in [-0.25, -0.2) is 4.98 Å². The lowest BCUT2D eigenvalue weighted by molar-refractivity contribution is -0.132. The monoisotopic (exact) mass is 347 g/mol. The number of amides is 1. The van der Waals surface area contributed by atoms with Gasteiger partial charge < -0.3 is 9.64 Å². The minimum Gasteiger partial charge on any atom is -0.467 e. The van der Waals surface area contributed by atoms with E-state index in [1.165, 1.54) is 0 Å². The van der Waals surface area contributed by atoms with Crippen LogP contribution in [0.1, 0.15) is 36.0 Å². The van der Waals surface area contributed by atoms with E-state index >= 15 is 0 Å². The number of rotatable bonds is 4. The molecule has 1 aromatic heterocycles. The van der Waals surface area contributed by atoms with Crippen LogP contribution in [0.4, 0.5) is 0 Å². The van der Waals surface area contributed by atoms with E-state index in [-0.39, 0.29) is 12.5 Å². The molecule has 0 atom stereocenters. The van der Waals surface area contributed by atoms with Crippen LogP contribution in [0, 0.1) is 11.3 Å². The molecule has 5 nitrogen and oxygen atoms in total. The van der Waals surface area contributed by atoms with Crippen LogP contribution in [-0.4, -0.2) is 35.5 Å². The average Bonchev–Trinajstić information content (AvgIpc) is 3.37. The third-order valence-electron chi connectivity index (χ3n) is 5.18.